The molecule has 2 unspecified atom stereocenters. The Morgan fingerprint density at radius 3 is 2.38 bits per heavy atom. The summed E-state index contributed by atoms with van der Waals surface area (Å²) in [6.45, 7) is 4.39. The maximum Gasteiger partial charge on any atom is 0.329 e. The summed E-state index contributed by atoms with van der Waals surface area (Å²) in [5.74, 6) is -0.321. The van der Waals surface area contributed by atoms with Crippen molar-refractivity contribution < 1.29 is 14.7 Å². The summed E-state index contributed by atoms with van der Waals surface area (Å²) >= 11 is 0. The summed E-state index contributed by atoms with van der Waals surface area (Å²) in [5, 5.41) is 12.3. The summed E-state index contributed by atoms with van der Waals surface area (Å²) in [6.07, 6.45) is 7.78. The monoisotopic (exact) mass is 296 g/mol. The van der Waals surface area contributed by atoms with Crippen molar-refractivity contribution in [1.82, 2.24) is 10.2 Å². The van der Waals surface area contributed by atoms with Gasteiger partial charge in [-0.15, -0.1) is 0 Å². The Kier molecular flexibility index (Phi) is 5.12. The van der Waals surface area contributed by atoms with Gasteiger partial charge in [-0.2, -0.15) is 0 Å². The molecule has 2 fully saturated rings. The van der Waals surface area contributed by atoms with E-state index in [0.717, 1.165) is 19.4 Å². The number of carboxylic acid groups (broad SMARTS) is 1. The average molecular weight is 296 g/mol. The number of urea groups is 1. The van der Waals surface area contributed by atoms with E-state index in [2.05, 4.69) is 5.32 Å². The predicted octanol–water partition coefficient (Wildman–Crippen LogP) is 2.99. The highest BCUT2D eigenvalue weighted by molar-refractivity contribution is 5.86. The van der Waals surface area contributed by atoms with E-state index < -0.39 is 11.5 Å². The zero-order chi connectivity index (χ0) is 15.5. The maximum atomic E-state index is 12.6. The number of nitrogens with zero attached hydrogens (tertiary/aromatic N) is 1. The summed E-state index contributed by atoms with van der Waals surface area (Å²) in [4.78, 5) is 26.1. The molecule has 5 heteroatoms. The Labute approximate surface area is 127 Å². The van der Waals surface area contributed by atoms with Gasteiger partial charge in [0.2, 0.25) is 0 Å². The molecule has 5 nitrogen and oxygen atoms in total. The van der Waals surface area contributed by atoms with Crippen LogP contribution in [0.1, 0.15) is 65.2 Å². The molecule has 2 rings (SSSR count). The van der Waals surface area contributed by atoms with Crippen LogP contribution in [0.15, 0.2) is 0 Å². The molecular formula is C16H28N2O3. The van der Waals surface area contributed by atoms with Crippen molar-refractivity contribution in [2.75, 3.05) is 6.54 Å². The molecule has 2 aliphatic rings. The number of carbonyl (C=O) groups is 2. The first-order chi connectivity index (χ1) is 10.0. The fourth-order valence-corrected chi connectivity index (χ4v) is 3.94. The van der Waals surface area contributed by atoms with Gasteiger partial charge in [-0.3, -0.25) is 0 Å². The smallest absolute Gasteiger partial charge is 0.329 e. The number of hydrogen-bond donors (Lipinski definition) is 2. The van der Waals surface area contributed by atoms with Crippen LogP contribution in [0.4, 0.5) is 4.79 Å². The third kappa shape index (κ3) is 3.16. The zero-order valence-corrected chi connectivity index (χ0v) is 13.2. The van der Waals surface area contributed by atoms with Crippen molar-refractivity contribution in [1.29, 1.82) is 0 Å². The van der Waals surface area contributed by atoms with E-state index in [9.17, 15) is 14.7 Å². The summed E-state index contributed by atoms with van der Waals surface area (Å²) in [7, 11) is 0. The molecule has 1 saturated carbocycles. The van der Waals surface area contributed by atoms with E-state index >= 15 is 0 Å². The Morgan fingerprint density at radius 2 is 1.76 bits per heavy atom. The van der Waals surface area contributed by atoms with Gasteiger partial charge >= 0.3 is 12.0 Å². The van der Waals surface area contributed by atoms with E-state index in [4.69, 9.17) is 0 Å². The number of carbonyl (C=O) groups excluding carboxylic acids is 1. The van der Waals surface area contributed by atoms with Gasteiger partial charge in [-0.25, -0.2) is 9.59 Å². The van der Waals surface area contributed by atoms with Crippen LogP contribution >= 0.6 is 0 Å². The van der Waals surface area contributed by atoms with Gasteiger partial charge in [0.25, 0.3) is 0 Å². The molecule has 1 saturated heterocycles. The zero-order valence-electron chi connectivity index (χ0n) is 13.2. The minimum atomic E-state index is -1.13. The summed E-state index contributed by atoms with van der Waals surface area (Å²) in [5.41, 5.74) is -1.13. The van der Waals surface area contributed by atoms with Gasteiger partial charge in [0, 0.05) is 12.6 Å². The fraction of sp³-hybridized carbons (Fsp3) is 0.875. The van der Waals surface area contributed by atoms with E-state index in [1.807, 2.05) is 18.7 Å². The lowest BCUT2D eigenvalue weighted by Crippen LogP contribution is -2.61. The highest BCUT2D eigenvalue weighted by atomic mass is 16.4. The molecule has 0 aromatic carbocycles. The quantitative estimate of drug-likeness (QED) is 0.838. The van der Waals surface area contributed by atoms with Crippen molar-refractivity contribution in [3.8, 4) is 0 Å². The van der Waals surface area contributed by atoms with Crippen molar-refractivity contribution >= 4 is 12.0 Å². The summed E-state index contributed by atoms with van der Waals surface area (Å²) < 4.78 is 0. The molecule has 0 bridgehead atoms. The van der Waals surface area contributed by atoms with Crippen LogP contribution in [0.25, 0.3) is 0 Å². The van der Waals surface area contributed by atoms with Crippen LogP contribution in [0, 0.1) is 5.92 Å². The first-order valence-corrected chi connectivity index (χ1v) is 8.36. The molecule has 1 heterocycles. The van der Waals surface area contributed by atoms with E-state index in [1.54, 1.807) is 0 Å². The van der Waals surface area contributed by atoms with Gasteiger partial charge in [-0.05, 0) is 44.4 Å². The van der Waals surface area contributed by atoms with Gasteiger partial charge in [0.15, 0.2) is 0 Å². The summed E-state index contributed by atoms with van der Waals surface area (Å²) in [6, 6.07) is 0.130. The number of carboxylic acids is 1. The molecule has 2 N–H and O–H groups in total. The number of hydrogen-bond acceptors (Lipinski definition) is 2. The number of fused-ring (bicyclic) bond motifs is 1. The molecule has 21 heavy (non-hydrogen) atoms. The largest absolute Gasteiger partial charge is 0.480 e. The molecule has 1 aliphatic heterocycles. The molecular weight excluding hydrogens is 268 g/mol. The number of likely N-dealkylation sites (tertiary alicyclic amines) is 1. The van der Waals surface area contributed by atoms with Gasteiger partial charge < -0.3 is 15.3 Å². The highest BCUT2D eigenvalue weighted by Crippen LogP contribution is 2.35. The number of amides is 2. The van der Waals surface area contributed by atoms with Gasteiger partial charge in [0.05, 0.1) is 0 Å². The molecule has 0 spiro atoms. The SMILES string of the molecule is CCC(CC)(NC(=O)N1CCCC2CCCCC21)C(=O)O. The Morgan fingerprint density at radius 1 is 1.14 bits per heavy atom. The molecule has 0 radical (unpaired) electrons. The third-order valence-electron chi connectivity index (χ3n) is 5.47. The lowest BCUT2D eigenvalue weighted by molar-refractivity contribution is -0.144. The van der Waals surface area contributed by atoms with Crippen LogP contribution in [-0.2, 0) is 4.79 Å². The van der Waals surface area contributed by atoms with Crippen LogP contribution in [0.3, 0.4) is 0 Å². The van der Waals surface area contributed by atoms with Crippen LogP contribution < -0.4 is 5.32 Å². The normalized spacial score (nSPS) is 26.1. The second-order valence-corrected chi connectivity index (χ2v) is 6.47. The number of aliphatic carboxylic acids is 1. The fourth-order valence-electron chi connectivity index (χ4n) is 3.94. The van der Waals surface area contributed by atoms with Crippen molar-refractivity contribution in [3.05, 3.63) is 0 Å². The second kappa shape index (κ2) is 6.67. The predicted molar refractivity (Wildman–Crippen MR) is 81.2 cm³/mol. The van der Waals surface area contributed by atoms with Crippen LogP contribution in [0.2, 0.25) is 0 Å². The third-order valence-corrected chi connectivity index (χ3v) is 5.47. The van der Waals surface area contributed by atoms with Crippen molar-refractivity contribution in [2.45, 2.75) is 76.8 Å². The molecule has 0 aromatic heterocycles. The maximum absolute atomic E-state index is 12.6. The molecule has 120 valence electrons. The molecule has 2 amide bonds. The number of piperidine rings is 1. The number of rotatable bonds is 4. The first-order valence-electron chi connectivity index (χ1n) is 8.36. The average Bonchev–Trinajstić information content (AvgIpc) is 2.51. The minimum absolute atomic E-state index is 0.183. The Balaban J connectivity index is 2.09. The van der Waals surface area contributed by atoms with E-state index in [-0.39, 0.29) is 6.03 Å². The van der Waals surface area contributed by atoms with Crippen molar-refractivity contribution in [3.63, 3.8) is 0 Å². The molecule has 1 aliphatic carbocycles. The Bertz CT molecular complexity index is 391. The van der Waals surface area contributed by atoms with Crippen LogP contribution in [0.5, 0.6) is 0 Å². The van der Waals surface area contributed by atoms with E-state index in [1.165, 1.54) is 25.7 Å². The standard InChI is InChI=1S/C16H28N2O3/c1-3-16(4-2,14(19)20)17-15(21)18-11-7-9-12-8-5-6-10-13(12)18/h12-13H,3-11H2,1-2H3,(H,17,21)(H,19,20). The minimum Gasteiger partial charge on any atom is -0.480 e. The first kappa shape index (κ1) is 16.1. The van der Waals surface area contributed by atoms with Crippen molar-refractivity contribution in [2.24, 2.45) is 5.92 Å². The van der Waals surface area contributed by atoms with Gasteiger partial charge in [0.1, 0.15) is 5.54 Å². The highest BCUT2D eigenvalue weighted by Gasteiger charge is 2.41. The Hall–Kier alpha value is -1.26. The number of nitrogens with one attached hydrogen (secondary N) is 1. The lowest BCUT2D eigenvalue weighted by Gasteiger charge is -2.45. The lowest BCUT2D eigenvalue weighted by atomic mass is 9.78. The topological polar surface area (TPSA) is 69.6 Å². The molecule has 0 aromatic rings. The van der Waals surface area contributed by atoms with Gasteiger partial charge in [-0.1, -0.05) is 26.7 Å². The second-order valence-electron chi connectivity index (χ2n) is 6.47. The van der Waals surface area contributed by atoms with E-state index in [0.29, 0.717) is 24.8 Å². The molecule has 2 atom stereocenters. The van der Waals surface area contributed by atoms with Crippen LogP contribution in [-0.4, -0.2) is 40.1 Å².